The SMILES string of the molecule is CCC1C(=O)NCCN1c1nnc(CCN)o1. The molecule has 0 saturated carbocycles. The van der Waals surface area contributed by atoms with E-state index in [1.165, 1.54) is 0 Å². The smallest absolute Gasteiger partial charge is 0.318 e. The van der Waals surface area contributed by atoms with E-state index in [1.54, 1.807) is 0 Å². The Kier molecular flexibility index (Phi) is 3.58. The molecule has 7 heteroatoms. The van der Waals surface area contributed by atoms with Gasteiger partial charge >= 0.3 is 6.01 Å². The van der Waals surface area contributed by atoms with Crippen LogP contribution in [0.5, 0.6) is 0 Å². The van der Waals surface area contributed by atoms with Gasteiger partial charge in [-0.25, -0.2) is 0 Å². The molecule has 17 heavy (non-hydrogen) atoms. The van der Waals surface area contributed by atoms with Gasteiger partial charge in [-0.15, -0.1) is 5.10 Å². The minimum Gasteiger partial charge on any atom is -0.408 e. The van der Waals surface area contributed by atoms with Gasteiger partial charge in [0.2, 0.25) is 11.8 Å². The summed E-state index contributed by atoms with van der Waals surface area (Å²) in [7, 11) is 0. The highest BCUT2D eigenvalue weighted by atomic mass is 16.4. The van der Waals surface area contributed by atoms with E-state index < -0.39 is 0 Å². The molecule has 0 bridgehead atoms. The maximum atomic E-state index is 11.7. The summed E-state index contributed by atoms with van der Waals surface area (Å²) < 4.78 is 5.49. The van der Waals surface area contributed by atoms with Gasteiger partial charge < -0.3 is 20.4 Å². The van der Waals surface area contributed by atoms with E-state index in [0.717, 1.165) is 0 Å². The number of amides is 1. The first kappa shape index (κ1) is 11.8. The topological polar surface area (TPSA) is 97.3 Å². The van der Waals surface area contributed by atoms with Gasteiger partial charge in [0.15, 0.2) is 0 Å². The molecule has 0 spiro atoms. The Hall–Kier alpha value is -1.63. The second kappa shape index (κ2) is 5.13. The third-order valence-electron chi connectivity index (χ3n) is 2.78. The van der Waals surface area contributed by atoms with Crippen LogP contribution in [0, 0.1) is 0 Å². The lowest BCUT2D eigenvalue weighted by molar-refractivity contribution is -0.123. The van der Waals surface area contributed by atoms with Crippen molar-refractivity contribution in [3.05, 3.63) is 5.89 Å². The average molecular weight is 239 g/mol. The van der Waals surface area contributed by atoms with Crippen molar-refractivity contribution in [2.45, 2.75) is 25.8 Å². The van der Waals surface area contributed by atoms with Crippen molar-refractivity contribution in [3.8, 4) is 0 Å². The Labute approximate surface area is 99.4 Å². The summed E-state index contributed by atoms with van der Waals surface area (Å²) in [6, 6.07) is 0.185. The number of hydrogen-bond donors (Lipinski definition) is 2. The van der Waals surface area contributed by atoms with Crippen LogP contribution in [0.25, 0.3) is 0 Å². The molecule has 1 saturated heterocycles. The van der Waals surface area contributed by atoms with E-state index in [0.29, 0.717) is 44.4 Å². The van der Waals surface area contributed by atoms with Crippen LogP contribution in [0.15, 0.2) is 4.42 Å². The largest absolute Gasteiger partial charge is 0.408 e. The summed E-state index contributed by atoms with van der Waals surface area (Å²) in [4.78, 5) is 13.5. The molecule has 1 atom stereocenters. The fourth-order valence-electron chi connectivity index (χ4n) is 1.93. The van der Waals surface area contributed by atoms with Crippen LogP contribution in [0.2, 0.25) is 0 Å². The van der Waals surface area contributed by atoms with Crippen LogP contribution < -0.4 is 16.0 Å². The highest BCUT2D eigenvalue weighted by molar-refractivity contribution is 5.85. The molecule has 0 aromatic carbocycles. The number of piperazine rings is 1. The van der Waals surface area contributed by atoms with E-state index in [9.17, 15) is 4.79 Å². The molecule has 94 valence electrons. The number of nitrogens with one attached hydrogen (secondary N) is 1. The summed E-state index contributed by atoms with van der Waals surface area (Å²) in [6.45, 7) is 3.72. The fourth-order valence-corrected chi connectivity index (χ4v) is 1.93. The normalized spacial score (nSPS) is 20.5. The summed E-state index contributed by atoms with van der Waals surface area (Å²) in [5, 5.41) is 10.7. The molecule has 2 heterocycles. The number of carbonyl (C=O) groups is 1. The Morgan fingerprint density at radius 3 is 3.12 bits per heavy atom. The third-order valence-corrected chi connectivity index (χ3v) is 2.78. The van der Waals surface area contributed by atoms with E-state index in [2.05, 4.69) is 15.5 Å². The van der Waals surface area contributed by atoms with E-state index in [-0.39, 0.29) is 11.9 Å². The molecule has 3 N–H and O–H groups in total. The first-order chi connectivity index (χ1) is 8.26. The Bertz CT molecular complexity index is 392. The van der Waals surface area contributed by atoms with Crippen molar-refractivity contribution in [1.29, 1.82) is 0 Å². The summed E-state index contributed by atoms with van der Waals surface area (Å²) in [5.74, 6) is 0.528. The van der Waals surface area contributed by atoms with Gasteiger partial charge in [-0.1, -0.05) is 12.0 Å². The third kappa shape index (κ3) is 2.38. The molecule has 0 radical (unpaired) electrons. The van der Waals surface area contributed by atoms with Crippen LogP contribution in [0.3, 0.4) is 0 Å². The molecular formula is C10H17N5O2. The molecule has 7 nitrogen and oxygen atoms in total. The van der Waals surface area contributed by atoms with Crippen molar-refractivity contribution in [2.24, 2.45) is 5.73 Å². The van der Waals surface area contributed by atoms with Crippen LogP contribution in [-0.4, -0.2) is 41.8 Å². The van der Waals surface area contributed by atoms with Crippen molar-refractivity contribution in [2.75, 3.05) is 24.5 Å². The molecule has 1 amide bonds. The van der Waals surface area contributed by atoms with E-state index >= 15 is 0 Å². The number of nitrogens with zero attached hydrogens (tertiary/aromatic N) is 3. The quantitative estimate of drug-likeness (QED) is 0.720. The van der Waals surface area contributed by atoms with Gasteiger partial charge in [-0.2, -0.15) is 0 Å². The van der Waals surface area contributed by atoms with Gasteiger partial charge in [-0.05, 0) is 6.42 Å². The first-order valence-electron chi connectivity index (χ1n) is 5.83. The van der Waals surface area contributed by atoms with Crippen LogP contribution in [-0.2, 0) is 11.2 Å². The predicted molar refractivity (Wildman–Crippen MR) is 61.5 cm³/mol. The second-order valence-electron chi connectivity index (χ2n) is 3.93. The van der Waals surface area contributed by atoms with Crippen molar-refractivity contribution < 1.29 is 9.21 Å². The average Bonchev–Trinajstić information content (AvgIpc) is 2.78. The van der Waals surface area contributed by atoms with Gasteiger partial charge in [0, 0.05) is 26.1 Å². The summed E-state index contributed by atoms with van der Waals surface area (Å²) in [5.41, 5.74) is 5.42. The maximum Gasteiger partial charge on any atom is 0.318 e. The molecule has 1 aromatic heterocycles. The maximum absolute atomic E-state index is 11.7. The van der Waals surface area contributed by atoms with Gasteiger partial charge in [0.25, 0.3) is 0 Å². The van der Waals surface area contributed by atoms with Gasteiger partial charge in [0.05, 0.1) is 0 Å². The predicted octanol–water partition coefficient (Wildman–Crippen LogP) is -0.714. The molecule has 2 rings (SSSR count). The molecule has 1 unspecified atom stereocenters. The lowest BCUT2D eigenvalue weighted by Gasteiger charge is -2.32. The molecule has 1 aliphatic heterocycles. The van der Waals surface area contributed by atoms with Gasteiger partial charge in [-0.3, -0.25) is 4.79 Å². The first-order valence-corrected chi connectivity index (χ1v) is 5.83. The summed E-state index contributed by atoms with van der Waals surface area (Å²) >= 11 is 0. The number of aromatic nitrogens is 2. The van der Waals surface area contributed by atoms with Gasteiger partial charge in [0.1, 0.15) is 6.04 Å². The van der Waals surface area contributed by atoms with Crippen LogP contribution in [0.4, 0.5) is 6.01 Å². The Morgan fingerprint density at radius 2 is 2.41 bits per heavy atom. The number of carbonyl (C=O) groups excluding carboxylic acids is 1. The zero-order valence-electron chi connectivity index (χ0n) is 9.85. The molecule has 1 aliphatic rings. The van der Waals surface area contributed by atoms with Crippen molar-refractivity contribution in [1.82, 2.24) is 15.5 Å². The van der Waals surface area contributed by atoms with E-state index in [1.807, 2.05) is 11.8 Å². The van der Waals surface area contributed by atoms with Crippen LogP contribution in [0.1, 0.15) is 19.2 Å². The number of anilines is 1. The Balaban J connectivity index is 2.15. The van der Waals surface area contributed by atoms with Crippen molar-refractivity contribution >= 4 is 11.9 Å². The van der Waals surface area contributed by atoms with Crippen LogP contribution >= 0.6 is 0 Å². The lowest BCUT2D eigenvalue weighted by Crippen LogP contribution is -2.55. The highest BCUT2D eigenvalue weighted by Gasteiger charge is 2.31. The van der Waals surface area contributed by atoms with Crippen molar-refractivity contribution in [3.63, 3.8) is 0 Å². The minimum absolute atomic E-state index is 0.0114. The number of hydrogen-bond acceptors (Lipinski definition) is 6. The standard InChI is InChI=1S/C10H17N5O2/c1-2-7-9(16)12-5-6-15(7)10-14-13-8(17-10)3-4-11/h7H,2-6,11H2,1H3,(H,12,16). The molecule has 0 aliphatic carbocycles. The Morgan fingerprint density at radius 1 is 1.59 bits per heavy atom. The molecule has 1 aromatic rings. The highest BCUT2D eigenvalue weighted by Crippen LogP contribution is 2.18. The minimum atomic E-state index is -0.227. The number of rotatable bonds is 4. The fraction of sp³-hybridized carbons (Fsp3) is 0.700. The van der Waals surface area contributed by atoms with E-state index in [4.69, 9.17) is 10.2 Å². The molecule has 1 fully saturated rings. The zero-order chi connectivity index (χ0) is 12.3. The second-order valence-corrected chi connectivity index (χ2v) is 3.93. The monoisotopic (exact) mass is 239 g/mol. The zero-order valence-corrected chi connectivity index (χ0v) is 9.85. The lowest BCUT2D eigenvalue weighted by atomic mass is 10.1. The number of nitrogens with two attached hydrogens (primary N) is 1. The summed E-state index contributed by atoms with van der Waals surface area (Å²) in [6.07, 6.45) is 1.27. The molecular weight excluding hydrogens is 222 g/mol.